The van der Waals surface area contributed by atoms with Gasteiger partial charge >= 0.3 is 0 Å². The number of hydrogen-bond acceptors (Lipinski definition) is 4. The largest absolute Gasteiger partial charge is 0.494 e. The summed E-state index contributed by atoms with van der Waals surface area (Å²) in [7, 11) is 0. The van der Waals surface area contributed by atoms with Crippen LogP contribution in [0.5, 0.6) is 5.75 Å². The van der Waals surface area contributed by atoms with Crippen LogP contribution in [0.4, 0.5) is 17.1 Å². The molecule has 0 aliphatic rings. The first-order valence-electron chi connectivity index (χ1n) is 9.27. The lowest BCUT2D eigenvalue weighted by atomic mass is 10.2. The number of carbonyl (C=O) groups is 2. The summed E-state index contributed by atoms with van der Waals surface area (Å²) in [5.41, 5.74) is 2.12. The Morgan fingerprint density at radius 2 is 1.52 bits per heavy atom. The summed E-state index contributed by atoms with van der Waals surface area (Å²) in [4.78, 5) is 23.9. The molecule has 0 atom stereocenters. The van der Waals surface area contributed by atoms with Crippen molar-refractivity contribution in [2.45, 2.75) is 33.1 Å². The van der Waals surface area contributed by atoms with E-state index in [0.29, 0.717) is 24.4 Å². The first-order valence-corrected chi connectivity index (χ1v) is 9.27. The number of rotatable bonds is 10. The van der Waals surface area contributed by atoms with Crippen LogP contribution in [0, 0.1) is 0 Å². The zero-order chi connectivity index (χ0) is 19.5. The number of hydrogen-bond donors (Lipinski definition) is 3. The molecule has 0 aromatic heterocycles. The summed E-state index contributed by atoms with van der Waals surface area (Å²) in [6.07, 6.45) is 2.21. The third-order valence-corrected chi connectivity index (χ3v) is 3.67. The topological polar surface area (TPSA) is 79.5 Å². The van der Waals surface area contributed by atoms with Crippen molar-refractivity contribution in [2.75, 3.05) is 29.1 Å². The van der Waals surface area contributed by atoms with Crippen molar-refractivity contribution in [2.24, 2.45) is 0 Å². The molecule has 0 saturated carbocycles. The molecule has 0 bridgehead atoms. The van der Waals surface area contributed by atoms with Gasteiger partial charge in [-0.3, -0.25) is 9.59 Å². The van der Waals surface area contributed by atoms with Crippen molar-refractivity contribution in [3.8, 4) is 5.75 Å². The van der Waals surface area contributed by atoms with Gasteiger partial charge in [0.2, 0.25) is 11.8 Å². The van der Waals surface area contributed by atoms with Gasteiger partial charge in [-0.05, 0) is 43.2 Å². The Morgan fingerprint density at radius 3 is 2.22 bits per heavy atom. The smallest absolute Gasteiger partial charge is 0.243 e. The Labute approximate surface area is 160 Å². The van der Waals surface area contributed by atoms with E-state index in [2.05, 4.69) is 22.9 Å². The normalized spacial score (nSPS) is 10.1. The lowest BCUT2D eigenvalue weighted by Crippen LogP contribution is -2.21. The van der Waals surface area contributed by atoms with E-state index in [9.17, 15) is 9.59 Å². The molecule has 6 heteroatoms. The molecular weight excluding hydrogens is 342 g/mol. The molecule has 0 aliphatic carbocycles. The maximum absolute atomic E-state index is 12.2. The van der Waals surface area contributed by atoms with E-state index in [1.807, 2.05) is 31.2 Å². The molecule has 0 heterocycles. The average Bonchev–Trinajstić information content (AvgIpc) is 2.65. The zero-order valence-electron chi connectivity index (χ0n) is 15.9. The minimum Gasteiger partial charge on any atom is -0.494 e. The lowest BCUT2D eigenvalue weighted by Gasteiger charge is -2.11. The summed E-state index contributed by atoms with van der Waals surface area (Å²) >= 11 is 0. The lowest BCUT2D eigenvalue weighted by molar-refractivity contribution is -0.116. The highest BCUT2D eigenvalue weighted by Crippen LogP contribution is 2.18. The molecule has 0 radical (unpaired) electrons. The number of nitrogens with one attached hydrogen (secondary N) is 3. The van der Waals surface area contributed by atoms with Crippen LogP contribution in [0.1, 0.15) is 33.1 Å². The molecule has 3 N–H and O–H groups in total. The van der Waals surface area contributed by atoms with Crippen LogP contribution in [0.3, 0.4) is 0 Å². The van der Waals surface area contributed by atoms with Gasteiger partial charge in [-0.25, -0.2) is 0 Å². The summed E-state index contributed by atoms with van der Waals surface area (Å²) in [6, 6.07) is 14.6. The van der Waals surface area contributed by atoms with Gasteiger partial charge in [0.15, 0.2) is 0 Å². The van der Waals surface area contributed by atoms with Crippen LogP contribution in [-0.4, -0.2) is 25.0 Å². The molecule has 27 heavy (non-hydrogen) atoms. The van der Waals surface area contributed by atoms with Gasteiger partial charge in [0, 0.05) is 29.5 Å². The molecular formula is C21H27N3O3. The van der Waals surface area contributed by atoms with Crippen molar-refractivity contribution in [1.29, 1.82) is 0 Å². The highest BCUT2D eigenvalue weighted by Gasteiger charge is 2.05. The highest BCUT2D eigenvalue weighted by molar-refractivity contribution is 5.95. The number of benzene rings is 2. The Hall–Kier alpha value is -3.02. The van der Waals surface area contributed by atoms with Gasteiger partial charge in [0.1, 0.15) is 5.75 Å². The Morgan fingerprint density at radius 1 is 0.852 bits per heavy atom. The summed E-state index contributed by atoms with van der Waals surface area (Å²) in [6.45, 7) is 4.80. The van der Waals surface area contributed by atoms with Crippen molar-refractivity contribution >= 4 is 28.9 Å². The Balaban J connectivity index is 1.86. The van der Waals surface area contributed by atoms with Gasteiger partial charge in [-0.1, -0.05) is 26.0 Å². The van der Waals surface area contributed by atoms with E-state index < -0.39 is 0 Å². The minimum absolute atomic E-state index is 0.0344. The monoisotopic (exact) mass is 369 g/mol. The molecule has 144 valence electrons. The molecule has 0 fully saturated rings. The summed E-state index contributed by atoms with van der Waals surface area (Å²) in [5, 5.41) is 8.72. The highest BCUT2D eigenvalue weighted by atomic mass is 16.5. The quantitative estimate of drug-likeness (QED) is 0.584. The molecule has 0 saturated heterocycles. The standard InChI is InChI=1S/C21H27N3O3/c1-3-7-20(25)23-17-9-5-10-18(13-17)24-21(26)15-22-16-8-6-11-19(14-16)27-12-4-2/h5-6,8-11,13-14,22H,3-4,7,12,15H2,1-2H3,(H,23,25)(H,24,26). The fourth-order valence-electron chi connectivity index (χ4n) is 2.43. The first kappa shape index (κ1) is 20.3. The fourth-order valence-corrected chi connectivity index (χ4v) is 2.43. The van der Waals surface area contributed by atoms with Crippen LogP contribution in [-0.2, 0) is 9.59 Å². The van der Waals surface area contributed by atoms with E-state index in [4.69, 9.17) is 4.74 Å². The van der Waals surface area contributed by atoms with Crippen molar-refractivity contribution in [1.82, 2.24) is 0 Å². The average molecular weight is 369 g/mol. The number of ether oxygens (including phenoxy) is 1. The zero-order valence-corrected chi connectivity index (χ0v) is 15.9. The maximum atomic E-state index is 12.2. The predicted molar refractivity (Wildman–Crippen MR) is 109 cm³/mol. The number of carbonyl (C=O) groups excluding carboxylic acids is 2. The molecule has 0 unspecified atom stereocenters. The minimum atomic E-state index is -0.174. The van der Waals surface area contributed by atoms with E-state index in [0.717, 1.165) is 24.3 Å². The molecule has 2 rings (SSSR count). The van der Waals surface area contributed by atoms with E-state index in [1.54, 1.807) is 24.3 Å². The van der Waals surface area contributed by atoms with Gasteiger partial charge in [-0.15, -0.1) is 0 Å². The predicted octanol–water partition coefficient (Wildman–Crippen LogP) is 4.26. The van der Waals surface area contributed by atoms with Gasteiger partial charge < -0.3 is 20.7 Å². The van der Waals surface area contributed by atoms with Crippen LogP contribution in [0.25, 0.3) is 0 Å². The van der Waals surface area contributed by atoms with Gasteiger partial charge in [-0.2, -0.15) is 0 Å². The second kappa shape index (κ2) is 10.9. The Bertz CT molecular complexity index is 762. The van der Waals surface area contributed by atoms with Crippen molar-refractivity contribution in [3.63, 3.8) is 0 Å². The second-order valence-electron chi connectivity index (χ2n) is 6.16. The molecule has 0 spiro atoms. The van der Waals surface area contributed by atoms with Gasteiger partial charge in [0.05, 0.1) is 13.2 Å². The SMILES string of the molecule is CCCOc1cccc(NCC(=O)Nc2cccc(NC(=O)CCC)c2)c1. The molecule has 2 aromatic rings. The van der Waals surface area contributed by atoms with E-state index in [-0.39, 0.29) is 18.4 Å². The molecule has 0 aliphatic heterocycles. The fraction of sp³-hybridized carbons (Fsp3) is 0.333. The Kier molecular flexibility index (Phi) is 8.16. The number of amides is 2. The molecule has 6 nitrogen and oxygen atoms in total. The first-order chi connectivity index (χ1) is 13.1. The summed E-state index contributed by atoms with van der Waals surface area (Å²) < 4.78 is 5.59. The van der Waals surface area contributed by atoms with Crippen LogP contribution >= 0.6 is 0 Å². The van der Waals surface area contributed by atoms with Crippen LogP contribution in [0.15, 0.2) is 48.5 Å². The molecule has 2 aromatic carbocycles. The summed E-state index contributed by atoms with van der Waals surface area (Å²) in [5.74, 6) is 0.567. The van der Waals surface area contributed by atoms with Crippen LogP contribution < -0.4 is 20.7 Å². The third kappa shape index (κ3) is 7.40. The van der Waals surface area contributed by atoms with Crippen molar-refractivity contribution in [3.05, 3.63) is 48.5 Å². The maximum Gasteiger partial charge on any atom is 0.243 e. The van der Waals surface area contributed by atoms with Gasteiger partial charge in [0.25, 0.3) is 0 Å². The van der Waals surface area contributed by atoms with Crippen molar-refractivity contribution < 1.29 is 14.3 Å². The number of anilines is 3. The van der Waals surface area contributed by atoms with E-state index in [1.165, 1.54) is 0 Å². The second-order valence-corrected chi connectivity index (χ2v) is 6.16. The third-order valence-electron chi connectivity index (χ3n) is 3.67. The van der Waals surface area contributed by atoms with E-state index >= 15 is 0 Å². The van der Waals surface area contributed by atoms with Crippen LogP contribution in [0.2, 0.25) is 0 Å². The molecule has 2 amide bonds.